The molecule has 1 aliphatic heterocycles. The summed E-state index contributed by atoms with van der Waals surface area (Å²) in [6.07, 6.45) is 2.83. The van der Waals surface area contributed by atoms with Crippen molar-refractivity contribution in [2.75, 3.05) is 31.6 Å². The summed E-state index contributed by atoms with van der Waals surface area (Å²) in [5.74, 6) is -0.114. The first-order chi connectivity index (χ1) is 8.72. The standard InChI is InChI=1S/C13H20N4O/c1-3-15-13(18)12-8-10(5-7-16-12)17(2)11-4-6-14-9-11/h5,7-8,11,14H,3-4,6,9H2,1-2H3,(H,15,18). The van der Waals surface area contributed by atoms with E-state index in [2.05, 4.69) is 27.6 Å². The number of hydrogen-bond donors (Lipinski definition) is 2. The molecule has 1 atom stereocenters. The second-order valence-electron chi connectivity index (χ2n) is 4.52. The lowest BCUT2D eigenvalue weighted by Crippen LogP contribution is -2.33. The number of anilines is 1. The molecule has 2 rings (SSSR count). The first kappa shape index (κ1) is 12.8. The Bertz CT molecular complexity index is 415. The Morgan fingerprint density at radius 1 is 1.67 bits per heavy atom. The minimum Gasteiger partial charge on any atom is -0.370 e. The molecular formula is C13H20N4O. The Labute approximate surface area is 108 Å². The first-order valence-electron chi connectivity index (χ1n) is 6.40. The van der Waals surface area contributed by atoms with Gasteiger partial charge in [0, 0.05) is 38.1 Å². The number of hydrogen-bond acceptors (Lipinski definition) is 4. The Morgan fingerprint density at radius 2 is 2.50 bits per heavy atom. The van der Waals surface area contributed by atoms with Crippen LogP contribution in [0.5, 0.6) is 0 Å². The number of rotatable bonds is 4. The molecule has 0 aromatic carbocycles. The molecule has 1 aromatic rings. The lowest BCUT2D eigenvalue weighted by Gasteiger charge is -2.26. The van der Waals surface area contributed by atoms with Gasteiger partial charge in [0.25, 0.3) is 5.91 Å². The number of nitrogens with one attached hydrogen (secondary N) is 2. The van der Waals surface area contributed by atoms with E-state index >= 15 is 0 Å². The minimum absolute atomic E-state index is 0.114. The van der Waals surface area contributed by atoms with Crippen molar-refractivity contribution in [3.63, 3.8) is 0 Å². The summed E-state index contributed by atoms with van der Waals surface area (Å²) < 4.78 is 0. The van der Waals surface area contributed by atoms with Gasteiger partial charge in [-0.05, 0) is 32.0 Å². The molecule has 5 heteroatoms. The van der Waals surface area contributed by atoms with Crippen molar-refractivity contribution in [3.05, 3.63) is 24.0 Å². The van der Waals surface area contributed by atoms with Gasteiger partial charge in [0.2, 0.25) is 0 Å². The van der Waals surface area contributed by atoms with Gasteiger partial charge in [0.1, 0.15) is 5.69 Å². The van der Waals surface area contributed by atoms with Crippen LogP contribution in [0.3, 0.4) is 0 Å². The van der Waals surface area contributed by atoms with Crippen molar-refractivity contribution >= 4 is 11.6 Å². The van der Waals surface area contributed by atoms with E-state index in [0.29, 0.717) is 18.3 Å². The fourth-order valence-electron chi connectivity index (χ4n) is 2.19. The van der Waals surface area contributed by atoms with Crippen LogP contribution in [0.4, 0.5) is 5.69 Å². The lowest BCUT2D eigenvalue weighted by molar-refractivity contribution is 0.0951. The van der Waals surface area contributed by atoms with E-state index in [1.54, 1.807) is 6.20 Å². The molecule has 1 amide bonds. The molecule has 0 bridgehead atoms. The normalized spacial score (nSPS) is 18.7. The fourth-order valence-corrected chi connectivity index (χ4v) is 2.19. The van der Waals surface area contributed by atoms with Gasteiger partial charge in [-0.25, -0.2) is 0 Å². The highest BCUT2D eigenvalue weighted by Crippen LogP contribution is 2.18. The molecule has 1 aromatic heterocycles. The highest BCUT2D eigenvalue weighted by molar-refractivity contribution is 5.93. The second-order valence-corrected chi connectivity index (χ2v) is 4.52. The number of carbonyl (C=O) groups excluding carboxylic acids is 1. The van der Waals surface area contributed by atoms with E-state index in [1.807, 2.05) is 19.1 Å². The third-order valence-electron chi connectivity index (χ3n) is 3.30. The molecule has 1 unspecified atom stereocenters. The molecule has 1 saturated heterocycles. The molecule has 5 nitrogen and oxygen atoms in total. The molecule has 1 aliphatic rings. The molecule has 0 spiro atoms. The van der Waals surface area contributed by atoms with Crippen molar-refractivity contribution in [1.29, 1.82) is 0 Å². The Kier molecular flexibility index (Phi) is 4.15. The predicted molar refractivity (Wildman–Crippen MR) is 71.9 cm³/mol. The van der Waals surface area contributed by atoms with Crippen LogP contribution in [-0.4, -0.2) is 43.6 Å². The van der Waals surface area contributed by atoms with Crippen molar-refractivity contribution in [1.82, 2.24) is 15.6 Å². The molecule has 2 heterocycles. The number of likely N-dealkylation sites (N-methyl/N-ethyl adjacent to an activating group) is 1. The number of amides is 1. The molecule has 98 valence electrons. The number of nitrogens with zero attached hydrogens (tertiary/aromatic N) is 2. The van der Waals surface area contributed by atoms with Gasteiger partial charge < -0.3 is 15.5 Å². The van der Waals surface area contributed by atoms with Gasteiger partial charge in [0.15, 0.2) is 0 Å². The van der Waals surface area contributed by atoms with Gasteiger partial charge in [-0.3, -0.25) is 9.78 Å². The topological polar surface area (TPSA) is 57.3 Å². The molecule has 0 aliphatic carbocycles. The average molecular weight is 248 g/mol. The summed E-state index contributed by atoms with van der Waals surface area (Å²) in [6, 6.07) is 4.29. The maximum atomic E-state index is 11.7. The van der Waals surface area contributed by atoms with Crippen LogP contribution in [0.15, 0.2) is 18.3 Å². The molecule has 2 N–H and O–H groups in total. The summed E-state index contributed by atoms with van der Waals surface area (Å²) in [7, 11) is 2.06. The lowest BCUT2D eigenvalue weighted by atomic mass is 10.2. The van der Waals surface area contributed by atoms with E-state index in [-0.39, 0.29) is 5.91 Å². The zero-order chi connectivity index (χ0) is 13.0. The fraction of sp³-hybridized carbons (Fsp3) is 0.538. The number of carbonyl (C=O) groups is 1. The van der Waals surface area contributed by atoms with Gasteiger partial charge in [0.05, 0.1) is 0 Å². The summed E-state index contributed by atoms with van der Waals surface area (Å²) in [6.45, 7) is 4.57. The largest absolute Gasteiger partial charge is 0.370 e. The van der Waals surface area contributed by atoms with E-state index in [9.17, 15) is 4.79 Å². The Morgan fingerprint density at radius 3 is 3.17 bits per heavy atom. The molecule has 18 heavy (non-hydrogen) atoms. The van der Waals surface area contributed by atoms with Crippen molar-refractivity contribution in [3.8, 4) is 0 Å². The quantitative estimate of drug-likeness (QED) is 0.820. The number of aromatic nitrogens is 1. The average Bonchev–Trinajstić information content (AvgIpc) is 2.92. The third-order valence-corrected chi connectivity index (χ3v) is 3.30. The van der Waals surface area contributed by atoms with Crippen molar-refractivity contribution < 1.29 is 4.79 Å². The van der Waals surface area contributed by atoms with Gasteiger partial charge in [-0.15, -0.1) is 0 Å². The Hall–Kier alpha value is -1.62. The van der Waals surface area contributed by atoms with Crippen LogP contribution in [0.25, 0.3) is 0 Å². The minimum atomic E-state index is -0.114. The molecule has 0 saturated carbocycles. The molecule has 0 radical (unpaired) electrons. The summed E-state index contributed by atoms with van der Waals surface area (Å²) in [4.78, 5) is 18.1. The summed E-state index contributed by atoms with van der Waals surface area (Å²) in [5, 5.41) is 6.11. The van der Waals surface area contributed by atoms with Crippen LogP contribution >= 0.6 is 0 Å². The van der Waals surface area contributed by atoms with Crippen LogP contribution in [0.1, 0.15) is 23.8 Å². The summed E-state index contributed by atoms with van der Waals surface area (Å²) >= 11 is 0. The van der Waals surface area contributed by atoms with Gasteiger partial charge in [-0.2, -0.15) is 0 Å². The van der Waals surface area contributed by atoms with E-state index in [4.69, 9.17) is 0 Å². The van der Waals surface area contributed by atoms with Crippen molar-refractivity contribution in [2.45, 2.75) is 19.4 Å². The maximum Gasteiger partial charge on any atom is 0.269 e. The second kappa shape index (κ2) is 5.82. The van der Waals surface area contributed by atoms with Gasteiger partial charge in [-0.1, -0.05) is 0 Å². The first-order valence-corrected chi connectivity index (χ1v) is 6.40. The molecule has 1 fully saturated rings. The predicted octanol–water partition coefficient (Wildman–Crippen LogP) is 0.629. The smallest absolute Gasteiger partial charge is 0.269 e. The van der Waals surface area contributed by atoms with E-state index in [0.717, 1.165) is 25.2 Å². The zero-order valence-corrected chi connectivity index (χ0v) is 10.9. The van der Waals surface area contributed by atoms with Crippen LogP contribution in [-0.2, 0) is 0 Å². The van der Waals surface area contributed by atoms with Crippen LogP contribution in [0, 0.1) is 0 Å². The van der Waals surface area contributed by atoms with Gasteiger partial charge >= 0.3 is 0 Å². The SMILES string of the molecule is CCNC(=O)c1cc(N(C)C2CCNC2)ccn1. The third kappa shape index (κ3) is 2.79. The number of pyridine rings is 1. The maximum absolute atomic E-state index is 11.7. The monoisotopic (exact) mass is 248 g/mol. The summed E-state index contributed by atoms with van der Waals surface area (Å²) in [5.41, 5.74) is 1.52. The van der Waals surface area contributed by atoms with E-state index in [1.165, 1.54) is 0 Å². The highest BCUT2D eigenvalue weighted by atomic mass is 16.1. The van der Waals surface area contributed by atoms with E-state index < -0.39 is 0 Å². The van der Waals surface area contributed by atoms with Crippen molar-refractivity contribution in [2.24, 2.45) is 0 Å². The van der Waals surface area contributed by atoms with Crippen LogP contribution in [0.2, 0.25) is 0 Å². The zero-order valence-electron chi connectivity index (χ0n) is 10.9. The van der Waals surface area contributed by atoms with Crippen LogP contribution < -0.4 is 15.5 Å². The highest BCUT2D eigenvalue weighted by Gasteiger charge is 2.20. The molecular weight excluding hydrogens is 228 g/mol. The Balaban J connectivity index is 2.13.